The Kier molecular flexibility index (Phi) is 5.67. The summed E-state index contributed by atoms with van der Waals surface area (Å²) in [6.07, 6.45) is 3.84. The minimum atomic E-state index is 0. The summed E-state index contributed by atoms with van der Waals surface area (Å²) in [6, 6.07) is 27.0. The molecule has 0 amide bonds. The van der Waals surface area contributed by atoms with Gasteiger partial charge in [0.15, 0.2) is 11.1 Å². The Morgan fingerprint density at radius 1 is 0.943 bits per heavy atom. The molecule has 7 rings (SSSR count). The molecule has 3 aromatic heterocycles. The van der Waals surface area contributed by atoms with Gasteiger partial charge in [0.1, 0.15) is 17.8 Å². The van der Waals surface area contributed by atoms with Gasteiger partial charge in [-0.05, 0) is 35.7 Å². The Hall–Kier alpha value is -3.41. The smallest absolute Gasteiger partial charge is 0.219 e. The van der Waals surface area contributed by atoms with E-state index in [2.05, 4.69) is 38.8 Å². The van der Waals surface area contributed by atoms with Crippen molar-refractivity contribution in [2.45, 2.75) is 11.5 Å². The van der Waals surface area contributed by atoms with Gasteiger partial charge >= 0.3 is 0 Å². The van der Waals surface area contributed by atoms with Crippen LogP contribution >= 0.6 is 11.8 Å². The number of aromatic nitrogens is 3. The van der Waals surface area contributed by atoms with E-state index < -0.39 is 0 Å². The number of nitrogens with zero attached hydrogens (tertiary/aromatic N) is 4. The van der Waals surface area contributed by atoms with Crippen LogP contribution in [-0.2, 0) is 25.8 Å². The fraction of sp³-hybridized carbons (Fsp3) is 0.0741. The maximum atomic E-state index is 6.14. The first-order chi connectivity index (χ1) is 16.8. The summed E-state index contributed by atoms with van der Waals surface area (Å²) < 4.78 is 14.2. The first kappa shape index (κ1) is 22.1. The second-order valence-corrected chi connectivity index (χ2v) is 8.98. The number of para-hydroxylation sites is 1. The van der Waals surface area contributed by atoms with Crippen LogP contribution in [0.2, 0.25) is 0 Å². The van der Waals surface area contributed by atoms with E-state index in [9.17, 15) is 0 Å². The van der Waals surface area contributed by atoms with E-state index >= 15 is 0 Å². The van der Waals surface area contributed by atoms with Crippen LogP contribution in [0.1, 0.15) is 5.56 Å². The monoisotopic (exact) mass is 656 g/mol. The molecule has 2 aliphatic heterocycles. The van der Waals surface area contributed by atoms with Gasteiger partial charge in [0.25, 0.3) is 0 Å². The number of aliphatic imine (C=N–C) groups is 1. The number of benzene rings is 2. The molecule has 5 aromatic rings. The number of rotatable bonds is 4. The third-order valence-electron chi connectivity index (χ3n) is 5.85. The first-order valence-corrected chi connectivity index (χ1v) is 11.9. The Labute approximate surface area is 220 Å². The molecule has 2 aromatic carbocycles. The summed E-state index contributed by atoms with van der Waals surface area (Å²) in [4.78, 5) is 14.1. The molecule has 0 bridgehead atoms. The molecule has 6 nitrogen and oxygen atoms in total. The largest absolute Gasteiger partial charge is 0.505 e. The van der Waals surface area contributed by atoms with Gasteiger partial charge in [0.05, 0.1) is 5.52 Å². The predicted octanol–water partition coefficient (Wildman–Crippen LogP) is 5.90. The summed E-state index contributed by atoms with van der Waals surface area (Å²) in [7, 11) is 0. The Balaban J connectivity index is 0.00000229. The summed E-state index contributed by atoms with van der Waals surface area (Å²) in [5.74, 6) is 2.43. The van der Waals surface area contributed by atoms with Gasteiger partial charge in [-0.2, -0.15) is 4.98 Å². The summed E-state index contributed by atoms with van der Waals surface area (Å²) in [6.45, 7) is 0. The minimum Gasteiger partial charge on any atom is -0.505 e. The van der Waals surface area contributed by atoms with Crippen molar-refractivity contribution in [1.82, 2.24) is 14.5 Å². The van der Waals surface area contributed by atoms with Gasteiger partial charge in [0, 0.05) is 49.9 Å². The normalized spacial score (nSPS) is 18.2. The van der Waals surface area contributed by atoms with Crippen LogP contribution in [0.5, 0.6) is 11.6 Å². The zero-order valence-electron chi connectivity index (χ0n) is 18.1. The Morgan fingerprint density at radius 3 is 2.74 bits per heavy atom. The molecule has 8 heteroatoms. The topological polar surface area (TPSA) is 61.5 Å². The molecule has 35 heavy (non-hydrogen) atoms. The van der Waals surface area contributed by atoms with Crippen LogP contribution in [0.15, 0.2) is 95.5 Å². The van der Waals surface area contributed by atoms with E-state index in [0.717, 1.165) is 33.3 Å². The maximum absolute atomic E-state index is 6.14. The average molecular weight is 657 g/mol. The zero-order valence-corrected chi connectivity index (χ0v) is 21.2. The van der Waals surface area contributed by atoms with E-state index in [-0.39, 0.29) is 32.5 Å². The Morgan fingerprint density at radius 2 is 1.86 bits per heavy atom. The van der Waals surface area contributed by atoms with Crippen LogP contribution < -0.4 is 4.74 Å². The molecular formula is C27H17N4O2PtS-. The molecule has 0 N–H and O–H groups in total. The van der Waals surface area contributed by atoms with Crippen molar-refractivity contribution in [2.75, 3.05) is 0 Å². The van der Waals surface area contributed by atoms with Gasteiger partial charge in [0.2, 0.25) is 5.88 Å². The fourth-order valence-corrected chi connectivity index (χ4v) is 5.19. The van der Waals surface area contributed by atoms with Crippen LogP contribution in [0.3, 0.4) is 0 Å². The van der Waals surface area contributed by atoms with Crippen LogP contribution in [0.4, 0.5) is 0 Å². The molecular weight excluding hydrogens is 639 g/mol. The number of fused-ring (bicyclic) bond motifs is 4. The molecule has 0 spiro atoms. The Bertz CT molecular complexity index is 1620. The predicted molar refractivity (Wildman–Crippen MR) is 134 cm³/mol. The van der Waals surface area contributed by atoms with Gasteiger partial charge in [-0.1, -0.05) is 47.7 Å². The molecule has 0 aliphatic carbocycles. The SMILES string of the molecule is [Pt].[c-]1c(Oc2ccc3c4ccccc4n(-c4ccccn4)c3n2)cccc1C1=NC2C=CSC2O1. The van der Waals surface area contributed by atoms with Crippen molar-refractivity contribution in [3.05, 3.63) is 102 Å². The van der Waals surface area contributed by atoms with Crippen molar-refractivity contribution in [3.8, 4) is 17.4 Å². The fourth-order valence-electron chi connectivity index (χ4n) is 4.33. The van der Waals surface area contributed by atoms with Gasteiger partial charge in [-0.3, -0.25) is 9.56 Å². The maximum Gasteiger partial charge on any atom is 0.219 e. The summed E-state index contributed by atoms with van der Waals surface area (Å²) in [5.41, 5.74) is 2.62. The number of pyridine rings is 2. The second kappa shape index (κ2) is 8.99. The number of hydrogen-bond acceptors (Lipinski definition) is 6. The molecule has 0 radical (unpaired) electrons. The van der Waals surface area contributed by atoms with Crippen molar-refractivity contribution < 1.29 is 30.5 Å². The van der Waals surface area contributed by atoms with E-state index in [1.807, 2.05) is 66.1 Å². The third-order valence-corrected chi connectivity index (χ3v) is 6.81. The van der Waals surface area contributed by atoms with Crippen molar-refractivity contribution in [2.24, 2.45) is 4.99 Å². The van der Waals surface area contributed by atoms with Gasteiger partial charge in [-0.25, -0.2) is 4.98 Å². The molecule has 0 fully saturated rings. The zero-order chi connectivity index (χ0) is 22.5. The van der Waals surface area contributed by atoms with Crippen LogP contribution in [0.25, 0.3) is 27.8 Å². The van der Waals surface area contributed by atoms with E-state index in [4.69, 9.17) is 14.5 Å². The standard InChI is InChI=1S/C27H17N4O2S.Pt/c1-2-9-22-19(8-1)20-11-12-24(30-25(20)31(22)23-10-3-4-14-28-23)32-18-7-5-6-17(16-18)26-29-21-13-15-34-27(21)33-26;/h1-15,21,27H;/q-1;. The number of ether oxygens (including phenoxy) is 2. The number of hydrogen-bond donors (Lipinski definition) is 0. The average Bonchev–Trinajstić information content (AvgIpc) is 3.57. The molecule has 0 saturated heterocycles. The molecule has 2 aliphatic rings. The van der Waals surface area contributed by atoms with E-state index in [0.29, 0.717) is 17.5 Å². The molecule has 0 saturated carbocycles. The van der Waals surface area contributed by atoms with Gasteiger partial charge in [-0.15, -0.1) is 18.2 Å². The van der Waals surface area contributed by atoms with Gasteiger partial charge < -0.3 is 9.47 Å². The van der Waals surface area contributed by atoms with Crippen LogP contribution in [0, 0.1) is 6.07 Å². The quantitative estimate of drug-likeness (QED) is 0.226. The van der Waals surface area contributed by atoms with Crippen LogP contribution in [-0.4, -0.2) is 31.9 Å². The van der Waals surface area contributed by atoms with E-state index in [1.165, 1.54) is 0 Å². The minimum absolute atomic E-state index is 0. The molecule has 5 heterocycles. The van der Waals surface area contributed by atoms with E-state index in [1.54, 1.807) is 18.0 Å². The van der Waals surface area contributed by atoms with Crippen molar-refractivity contribution in [3.63, 3.8) is 0 Å². The molecule has 174 valence electrons. The molecule has 2 atom stereocenters. The van der Waals surface area contributed by atoms with Crippen molar-refractivity contribution in [1.29, 1.82) is 0 Å². The summed E-state index contributed by atoms with van der Waals surface area (Å²) >= 11 is 1.64. The second-order valence-electron chi connectivity index (χ2n) is 7.97. The number of thioether (sulfide) groups is 1. The summed E-state index contributed by atoms with van der Waals surface area (Å²) in [5, 5.41) is 4.19. The third kappa shape index (κ3) is 3.85. The van der Waals surface area contributed by atoms with Crippen molar-refractivity contribution >= 4 is 39.6 Å². The molecule has 2 unspecified atom stereocenters. The first-order valence-electron chi connectivity index (χ1n) is 10.9.